The van der Waals surface area contributed by atoms with Crippen LogP contribution in [0.3, 0.4) is 0 Å². The number of ether oxygens (including phenoxy) is 2. The van der Waals surface area contributed by atoms with Gasteiger partial charge in [0.15, 0.2) is 0 Å². The maximum absolute atomic E-state index is 14.3. The van der Waals surface area contributed by atoms with Crippen LogP contribution in [-0.2, 0) is 16.1 Å². The fourth-order valence-electron chi connectivity index (χ4n) is 7.33. The molecule has 8 heteroatoms. The summed E-state index contributed by atoms with van der Waals surface area (Å²) in [5, 5.41) is 0. The molecule has 3 fully saturated rings. The zero-order chi connectivity index (χ0) is 28.3. The molecule has 2 heterocycles. The van der Waals surface area contributed by atoms with Crippen LogP contribution in [0.2, 0.25) is 0 Å². The molecule has 3 aromatic rings. The summed E-state index contributed by atoms with van der Waals surface area (Å²) < 4.78 is 13.1. The molecule has 3 aliphatic rings. The minimum atomic E-state index is -0.142. The number of benzene rings is 2. The minimum Gasteiger partial charge on any atom is -0.497 e. The van der Waals surface area contributed by atoms with Crippen LogP contribution in [-0.4, -0.2) is 59.1 Å². The van der Waals surface area contributed by atoms with Crippen LogP contribution in [0.1, 0.15) is 82.4 Å². The highest BCUT2D eigenvalue weighted by Gasteiger charge is 2.38. The average Bonchev–Trinajstić information content (AvgIpc) is 3.58. The van der Waals surface area contributed by atoms with Crippen molar-refractivity contribution >= 4 is 28.5 Å². The van der Waals surface area contributed by atoms with Crippen LogP contribution in [0.25, 0.3) is 11.0 Å². The Morgan fingerprint density at radius 3 is 2.27 bits per heavy atom. The Labute approximate surface area is 242 Å². The molecule has 0 N–H and O–H groups in total. The number of imidazole rings is 1. The van der Waals surface area contributed by atoms with E-state index in [1.165, 1.54) is 38.5 Å². The van der Waals surface area contributed by atoms with Crippen LogP contribution in [0.5, 0.6) is 11.5 Å². The number of carbonyl (C=O) groups is 2. The number of hydrogen-bond donors (Lipinski definition) is 0. The Bertz CT molecular complexity index is 1370. The van der Waals surface area contributed by atoms with Gasteiger partial charge in [-0.2, -0.15) is 0 Å². The molecular weight excluding hydrogens is 516 g/mol. The van der Waals surface area contributed by atoms with Gasteiger partial charge in [-0.1, -0.05) is 50.7 Å². The largest absolute Gasteiger partial charge is 0.497 e. The molecule has 2 saturated carbocycles. The first-order valence-corrected chi connectivity index (χ1v) is 15.4. The van der Waals surface area contributed by atoms with Crippen LogP contribution >= 0.6 is 0 Å². The van der Waals surface area contributed by atoms with Gasteiger partial charge >= 0.3 is 0 Å². The van der Waals surface area contributed by atoms with E-state index in [1.807, 2.05) is 42.5 Å². The molecule has 1 aromatic heterocycles. The van der Waals surface area contributed by atoms with E-state index >= 15 is 0 Å². The summed E-state index contributed by atoms with van der Waals surface area (Å²) in [5.41, 5.74) is 2.51. The number of amides is 2. The number of carbonyl (C=O) groups excluding carboxylic acids is 2. The summed E-state index contributed by atoms with van der Waals surface area (Å²) in [6, 6.07) is 14.2. The van der Waals surface area contributed by atoms with E-state index in [4.69, 9.17) is 14.5 Å². The van der Waals surface area contributed by atoms with Crippen LogP contribution in [0.4, 0.5) is 5.69 Å². The molecule has 41 heavy (non-hydrogen) atoms. The van der Waals surface area contributed by atoms with Crippen LogP contribution in [0, 0.1) is 0 Å². The Morgan fingerprint density at radius 1 is 0.927 bits per heavy atom. The normalized spacial score (nSPS) is 20.5. The van der Waals surface area contributed by atoms with Crippen LogP contribution < -0.4 is 14.4 Å². The second-order valence-electron chi connectivity index (χ2n) is 11.9. The van der Waals surface area contributed by atoms with Crippen molar-refractivity contribution in [2.45, 2.75) is 95.2 Å². The van der Waals surface area contributed by atoms with Crippen molar-refractivity contribution in [3.05, 3.63) is 48.3 Å². The number of aromatic nitrogens is 2. The van der Waals surface area contributed by atoms with Gasteiger partial charge in [0, 0.05) is 37.0 Å². The van der Waals surface area contributed by atoms with Crippen molar-refractivity contribution in [3.8, 4) is 11.5 Å². The molecule has 218 valence electrons. The first-order valence-electron chi connectivity index (χ1n) is 15.4. The quantitative estimate of drug-likeness (QED) is 0.336. The smallest absolute Gasteiger partial charge is 0.243 e. The molecule has 2 aromatic carbocycles. The third-order valence-corrected chi connectivity index (χ3v) is 9.37. The van der Waals surface area contributed by atoms with Gasteiger partial charge in [-0.15, -0.1) is 0 Å². The van der Waals surface area contributed by atoms with Gasteiger partial charge in [0.25, 0.3) is 0 Å². The third kappa shape index (κ3) is 5.53. The first kappa shape index (κ1) is 27.6. The number of anilines is 1. The predicted molar refractivity (Wildman–Crippen MR) is 160 cm³/mol. The standard InChI is InChI=1S/C33H42N4O4/c1-40-26-17-18-30(41-2)29(20-26)35-21-23(19-31(35)38)33-34-27-15-9-10-16-28(27)36(33)22-32(39)37(24-11-5-3-6-12-24)25-13-7-4-8-14-25/h9-10,15-18,20,23-25H,3-8,11-14,19,21-22H2,1-2H3. The number of nitrogens with zero attached hydrogens (tertiary/aromatic N) is 4. The molecule has 8 nitrogen and oxygen atoms in total. The highest BCUT2D eigenvalue weighted by Crippen LogP contribution is 2.39. The number of para-hydroxylation sites is 2. The maximum Gasteiger partial charge on any atom is 0.243 e. The lowest BCUT2D eigenvalue weighted by Gasteiger charge is -2.42. The van der Waals surface area contributed by atoms with Gasteiger partial charge in [-0.05, 0) is 49.9 Å². The first-order chi connectivity index (χ1) is 20.1. The lowest BCUT2D eigenvalue weighted by molar-refractivity contribution is -0.138. The molecule has 0 bridgehead atoms. The second-order valence-corrected chi connectivity index (χ2v) is 11.9. The highest BCUT2D eigenvalue weighted by atomic mass is 16.5. The summed E-state index contributed by atoms with van der Waals surface area (Å²) in [6.07, 6.45) is 12.1. The van der Waals surface area contributed by atoms with Crippen LogP contribution in [0.15, 0.2) is 42.5 Å². The van der Waals surface area contributed by atoms with Gasteiger partial charge in [0.1, 0.15) is 23.9 Å². The van der Waals surface area contributed by atoms with Crippen molar-refractivity contribution in [2.24, 2.45) is 0 Å². The van der Waals surface area contributed by atoms with E-state index in [9.17, 15) is 9.59 Å². The Hall–Kier alpha value is -3.55. The molecule has 2 aliphatic carbocycles. The topological polar surface area (TPSA) is 76.9 Å². The fourth-order valence-corrected chi connectivity index (χ4v) is 7.33. The molecule has 1 aliphatic heterocycles. The number of rotatable bonds is 8. The van der Waals surface area contributed by atoms with Crippen molar-refractivity contribution in [1.82, 2.24) is 14.5 Å². The molecular formula is C33H42N4O4. The monoisotopic (exact) mass is 558 g/mol. The fraction of sp³-hybridized carbons (Fsp3) is 0.545. The van der Waals surface area contributed by atoms with Crippen molar-refractivity contribution in [2.75, 3.05) is 25.7 Å². The van der Waals surface area contributed by atoms with E-state index in [0.29, 0.717) is 42.2 Å². The molecule has 0 radical (unpaired) electrons. The van der Waals surface area contributed by atoms with E-state index < -0.39 is 0 Å². The number of fused-ring (bicyclic) bond motifs is 1. The van der Waals surface area contributed by atoms with Gasteiger partial charge in [0.05, 0.1) is 30.9 Å². The van der Waals surface area contributed by atoms with Crippen molar-refractivity contribution in [1.29, 1.82) is 0 Å². The van der Waals surface area contributed by atoms with Crippen molar-refractivity contribution < 1.29 is 19.1 Å². The Balaban J connectivity index is 1.32. The van der Waals surface area contributed by atoms with E-state index in [1.54, 1.807) is 19.1 Å². The SMILES string of the molecule is COc1ccc(OC)c(N2CC(c3nc4ccccc4n3CC(=O)N(C3CCCCC3)C3CCCCC3)CC2=O)c1. The summed E-state index contributed by atoms with van der Waals surface area (Å²) in [6.45, 7) is 0.727. The lowest BCUT2D eigenvalue weighted by Crippen LogP contribution is -2.50. The molecule has 1 unspecified atom stereocenters. The summed E-state index contributed by atoms with van der Waals surface area (Å²) in [7, 11) is 3.22. The van der Waals surface area contributed by atoms with Gasteiger partial charge < -0.3 is 23.8 Å². The Morgan fingerprint density at radius 2 is 1.61 bits per heavy atom. The molecule has 2 amide bonds. The number of hydrogen-bond acceptors (Lipinski definition) is 5. The summed E-state index contributed by atoms with van der Waals surface area (Å²) in [4.78, 5) is 36.8. The molecule has 1 saturated heterocycles. The van der Waals surface area contributed by atoms with E-state index in [-0.39, 0.29) is 24.3 Å². The van der Waals surface area contributed by atoms with Gasteiger partial charge in [0.2, 0.25) is 11.8 Å². The van der Waals surface area contributed by atoms with Gasteiger partial charge in [-0.3, -0.25) is 9.59 Å². The zero-order valence-electron chi connectivity index (χ0n) is 24.4. The average molecular weight is 559 g/mol. The third-order valence-electron chi connectivity index (χ3n) is 9.37. The second kappa shape index (κ2) is 12.1. The number of methoxy groups -OCH3 is 2. The van der Waals surface area contributed by atoms with E-state index in [0.717, 1.165) is 42.5 Å². The zero-order valence-corrected chi connectivity index (χ0v) is 24.4. The molecule has 1 atom stereocenters. The molecule has 0 spiro atoms. The summed E-state index contributed by atoms with van der Waals surface area (Å²) >= 11 is 0. The van der Waals surface area contributed by atoms with E-state index in [2.05, 4.69) is 9.47 Å². The summed E-state index contributed by atoms with van der Waals surface area (Å²) in [5.74, 6) is 2.17. The molecule has 6 rings (SSSR count). The predicted octanol–water partition coefficient (Wildman–Crippen LogP) is 6.07. The van der Waals surface area contributed by atoms with Crippen molar-refractivity contribution in [3.63, 3.8) is 0 Å². The maximum atomic E-state index is 14.3. The lowest BCUT2D eigenvalue weighted by atomic mass is 9.88. The Kier molecular flexibility index (Phi) is 8.17. The minimum absolute atomic E-state index is 0.0116. The highest BCUT2D eigenvalue weighted by molar-refractivity contribution is 5.98. The van der Waals surface area contributed by atoms with Gasteiger partial charge in [-0.25, -0.2) is 4.98 Å².